The molecule has 168 valence electrons. The van der Waals surface area contributed by atoms with Crippen LogP contribution in [0.25, 0.3) is 11.1 Å². The molecule has 2 amide bonds. The second kappa shape index (κ2) is 8.20. The van der Waals surface area contributed by atoms with E-state index in [9.17, 15) is 19.5 Å². The van der Waals surface area contributed by atoms with E-state index >= 15 is 0 Å². The van der Waals surface area contributed by atoms with Crippen molar-refractivity contribution in [3.63, 3.8) is 0 Å². The zero-order valence-electron chi connectivity index (χ0n) is 18.2. The molecule has 1 saturated carbocycles. The van der Waals surface area contributed by atoms with Crippen LogP contribution in [0.15, 0.2) is 47.3 Å². The lowest BCUT2D eigenvalue weighted by molar-refractivity contribution is -0.147. The van der Waals surface area contributed by atoms with E-state index in [1.54, 1.807) is 9.47 Å². The van der Waals surface area contributed by atoms with Gasteiger partial charge >= 0.3 is 0 Å². The van der Waals surface area contributed by atoms with E-state index < -0.39 is 12.0 Å². The fourth-order valence-corrected chi connectivity index (χ4v) is 5.71. The minimum Gasteiger partial charge on any atom is -0.396 e. The second-order valence-corrected chi connectivity index (χ2v) is 9.12. The van der Waals surface area contributed by atoms with Gasteiger partial charge in [-0.25, -0.2) is 0 Å². The van der Waals surface area contributed by atoms with E-state index in [0.717, 1.165) is 30.5 Å². The second-order valence-electron chi connectivity index (χ2n) is 9.12. The van der Waals surface area contributed by atoms with Crippen molar-refractivity contribution >= 4 is 11.8 Å². The number of carbonyl (C=O) groups is 2. The zero-order chi connectivity index (χ0) is 22.4. The Balaban J connectivity index is 1.60. The highest BCUT2D eigenvalue weighted by molar-refractivity contribution is 5.90. The Morgan fingerprint density at radius 1 is 1.12 bits per heavy atom. The molecule has 0 bridgehead atoms. The average molecular weight is 436 g/mol. The van der Waals surface area contributed by atoms with E-state index in [0.29, 0.717) is 18.7 Å². The molecule has 0 unspecified atom stereocenters. The topological polar surface area (TPSA) is 91.6 Å². The largest absolute Gasteiger partial charge is 0.396 e. The lowest BCUT2D eigenvalue weighted by Gasteiger charge is -2.36. The van der Waals surface area contributed by atoms with Gasteiger partial charge in [0.2, 0.25) is 11.8 Å². The summed E-state index contributed by atoms with van der Waals surface area (Å²) in [5.41, 5.74) is 2.14. The van der Waals surface area contributed by atoms with Gasteiger partial charge in [0, 0.05) is 48.7 Å². The minimum absolute atomic E-state index is 0.0218. The van der Waals surface area contributed by atoms with Gasteiger partial charge in [0.15, 0.2) is 0 Å². The molecule has 3 aliphatic rings. The highest BCUT2D eigenvalue weighted by Crippen LogP contribution is 2.50. The quantitative estimate of drug-likeness (QED) is 0.751. The number of nitrogens with one attached hydrogen (secondary N) is 1. The molecule has 1 aromatic heterocycles. The summed E-state index contributed by atoms with van der Waals surface area (Å²) in [4.78, 5) is 41.6. The summed E-state index contributed by atoms with van der Waals surface area (Å²) in [5.74, 6) is -0.894. The summed E-state index contributed by atoms with van der Waals surface area (Å²) < 4.78 is 1.75. The Morgan fingerprint density at radius 3 is 2.50 bits per heavy atom. The molecule has 1 aromatic carbocycles. The maximum absolute atomic E-state index is 13.5. The number of benzene rings is 1. The molecule has 5 rings (SSSR count). The third kappa shape index (κ3) is 3.10. The van der Waals surface area contributed by atoms with Crippen LogP contribution in [-0.2, 0) is 16.1 Å². The van der Waals surface area contributed by atoms with Gasteiger partial charge in [0.25, 0.3) is 5.56 Å². The predicted molar refractivity (Wildman–Crippen MR) is 120 cm³/mol. The number of hydrogen-bond donors (Lipinski definition) is 2. The van der Waals surface area contributed by atoms with Crippen LogP contribution in [0.5, 0.6) is 0 Å². The number of aliphatic hydroxyl groups is 1. The number of nitrogens with zero attached hydrogens (tertiary/aromatic N) is 2. The number of fused-ring (bicyclic) bond motifs is 3. The third-order valence-electron chi connectivity index (χ3n) is 7.49. The zero-order valence-corrected chi connectivity index (χ0v) is 18.2. The average Bonchev–Trinajstić information content (AvgIpc) is 3.28. The molecule has 2 fully saturated rings. The van der Waals surface area contributed by atoms with Gasteiger partial charge in [-0.15, -0.1) is 0 Å². The van der Waals surface area contributed by atoms with Crippen molar-refractivity contribution in [1.82, 2.24) is 14.8 Å². The molecule has 2 aromatic rings. The van der Waals surface area contributed by atoms with E-state index in [1.165, 1.54) is 0 Å². The van der Waals surface area contributed by atoms with Crippen LogP contribution in [0.1, 0.15) is 37.9 Å². The summed E-state index contributed by atoms with van der Waals surface area (Å²) in [5, 5.41) is 13.1. The van der Waals surface area contributed by atoms with Crippen LogP contribution in [0.2, 0.25) is 0 Å². The van der Waals surface area contributed by atoms with Crippen molar-refractivity contribution in [2.45, 2.75) is 44.8 Å². The number of rotatable bonds is 5. The van der Waals surface area contributed by atoms with Crippen LogP contribution >= 0.6 is 0 Å². The smallest absolute Gasteiger partial charge is 0.258 e. The molecule has 4 atom stereocenters. The molecule has 0 spiro atoms. The predicted octanol–water partition coefficient (Wildman–Crippen LogP) is 1.94. The van der Waals surface area contributed by atoms with Gasteiger partial charge in [-0.1, -0.05) is 36.8 Å². The molecular weight excluding hydrogens is 406 g/mol. The number of likely N-dealkylation sites (N-methyl/N-ethyl adjacent to an activating group) is 1. The van der Waals surface area contributed by atoms with Crippen LogP contribution in [0, 0.1) is 17.8 Å². The van der Waals surface area contributed by atoms with Crippen molar-refractivity contribution < 1.29 is 14.7 Å². The molecule has 2 N–H and O–H groups in total. The Bertz CT molecular complexity index is 1090. The van der Waals surface area contributed by atoms with Crippen LogP contribution in [0.4, 0.5) is 0 Å². The fourth-order valence-electron chi connectivity index (χ4n) is 5.71. The molecular formula is C25H29N3O4. The Hall–Kier alpha value is -2.93. The van der Waals surface area contributed by atoms with Crippen molar-refractivity contribution in [3.05, 3.63) is 58.5 Å². The Labute approximate surface area is 187 Å². The number of likely N-dealkylation sites (tertiary alicyclic amines) is 1. The standard InChI is InChI=1S/C25H29N3O4/c1-2-26-23(30)22-19(14-29)18-13-27-20(21(18)28(22)24(31)16-9-6-10-16)12-11-17(25(27)32)15-7-4-3-5-8-15/h3-5,7-8,11-12,16,18-19,21-22,29H,2,6,9-10,13-14H2,1H3,(H,26,30)/t18-,19-,21+,22-/m1/s1. The van der Waals surface area contributed by atoms with Crippen molar-refractivity contribution in [1.29, 1.82) is 0 Å². The maximum atomic E-state index is 13.5. The van der Waals surface area contributed by atoms with Crippen LogP contribution < -0.4 is 10.9 Å². The van der Waals surface area contributed by atoms with E-state index in [2.05, 4.69) is 5.32 Å². The first-order valence-electron chi connectivity index (χ1n) is 11.6. The summed E-state index contributed by atoms with van der Waals surface area (Å²) in [7, 11) is 0. The fraction of sp³-hybridized carbons (Fsp3) is 0.480. The van der Waals surface area contributed by atoms with E-state index in [4.69, 9.17) is 0 Å². The number of aliphatic hydroxyl groups excluding tert-OH is 1. The normalized spacial score (nSPS) is 26.4. The molecule has 32 heavy (non-hydrogen) atoms. The highest BCUT2D eigenvalue weighted by atomic mass is 16.3. The van der Waals surface area contributed by atoms with E-state index in [1.807, 2.05) is 49.4 Å². The molecule has 7 heteroatoms. The maximum Gasteiger partial charge on any atom is 0.258 e. The summed E-state index contributed by atoms with van der Waals surface area (Å²) in [6.45, 7) is 2.51. The van der Waals surface area contributed by atoms with Gasteiger partial charge in [-0.3, -0.25) is 14.4 Å². The number of carbonyl (C=O) groups excluding carboxylic acids is 2. The molecule has 1 aliphatic carbocycles. The van der Waals surface area contributed by atoms with Crippen LogP contribution in [-0.4, -0.2) is 45.6 Å². The van der Waals surface area contributed by atoms with Gasteiger partial charge in [-0.2, -0.15) is 0 Å². The first-order valence-corrected chi connectivity index (χ1v) is 11.6. The van der Waals surface area contributed by atoms with Gasteiger partial charge < -0.3 is 19.9 Å². The number of aromatic nitrogens is 1. The lowest BCUT2D eigenvalue weighted by Crippen LogP contribution is -2.52. The SMILES string of the molecule is CCNC(=O)[C@H]1[C@H](CO)[C@H]2Cn3c(ccc(-c4ccccc4)c3=O)[C@H]2N1C(=O)C1CCC1. The monoisotopic (exact) mass is 435 g/mol. The van der Waals surface area contributed by atoms with Crippen molar-refractivity contribution in [2.75, 3.05) is 13.2 Å². The Morgan fingerprint density at radius 2 is 1.88 bits per heavy atom. The van der Waals surface area contributed by atoms with Crippen molar-refractivity contribution in [3.8, 4) is 11.1 Å². The minimum atomic E-state index is -0.708. The molecule has 7 nitrogen and oxygen atoms in total. The number of amides is 2. The van der Waals surface area contributed by atoms with Crippen molar-refractivity contribution in [2.24, 2.45) is 17.8 Å². The third-order valence-corrected chi connectivity index (χ3v) is 7.49. The molecule has 0 radical (unpaired) electrons. The van der Waals surface area contributed by atoms with E-state index in [-0.39, 0.29) is 41.9 Å². The summed E-state index contributed by atoms with van der Waals surface area (Å²) in [6.07, 6.45) is 2.68. The molecule has 2 aliphatic heterocycles. The van der Waals surface area contributed by atoms with Crippen LogP contribution in [0.3, 0.4) is 0 Å². The highest BCUT2D eigenvalue weighted by Gasteiger charge is 2.58. The van der Waals surface area contributed by atoms with Gasteiger partial charge in [0.05, 0.1) is 6.04 Å². The number of hydrogen-bond acceptors (Lipinski definition) is 4. The summed E-state index contributed by atoms with van der Waals surface area (Å²) >= 11 is 0. The van der Waals surface area contributed by atoms with Gasteiger partial charge in [-0.05, 0) is 37.5 Å². The molecule has 1 saturated heterocycles. The first-order chi connectivity index (χ1) is 15.6. The lowest BCUT2D eigenvalue weighted by atomic mass is 9.84. The summed E-state index contributed by atoms with van der Waals surface area (Å²) in [6, 6.07) is 12.2. The first kappa shape index (κ1) is 20.9. The van der Waals surface area contributed by atoms with Gasteiger partial charge in [0.1, 0.15) is 6.04 Å². The molecule has 3 heterocycles. The number of pyridine rings is 1. The Kier molecular flexibility index (Phi) is 5.37.